The number of hydrogen-bond acceptors (Lipinski definition) is 26. The smallest absolute Gasteiger partial charge is 0.308 e. The van der Waals surface area contributed by atoms with Crippen molar-refractivity contribution in [1.82, 2.24) is 70.6 Å². The number of methoxy groups -OCH3 is 2. The van der Waals surface area contributed by atoms with Gasteiger partial charge in [0.25, 0.3) is 11.8 Å². The lowest BCUT2D eigenvalue weighted by Gasteiger charge is -2.36. The fourth-order valence-corrected chi connectivity index (χ4v) is 21.7. The first kappa shape index (κ1) is 99.4. The summed E-state index contributed by atoms with van der Waals surface area (Å²) >= 11 is 6.43. The molecule has 0 unspecified atom stereocenters. The third-order valence-corrected chi connectivity index (χ3v) is 30.1. The summed E-state index contributed by atoms with van der Waals surface area (Å²) in [7, 11) is 2.73. The van der Waals surface area contributed by atoms with E-state index in [2.05, 4.69) is 79.3 Å². The molecule has 10 heterocycles. The first-order valence-corrected chi connectivity index (χ1v) is 49.3. The Balaban J connectivity index is 0.000000209. The number of aromatic nitrogens is 8. The number of aryl methyl sites for hydroxylation is 6. The summed E-state index contributed by atoms with van der Waals surface area (Å²) in [5, 5.41) is 52.9. The van der Waals surface area contributed by atoms with Gasteiger partial charge in [-0.2, -0.15) is 0 Å². The van der Waals surface area contributed by atoms with Gasteiger partial charge in [-0.3, -0.25) is 57.5 Å². The van der Waals surface area contributed by atoms with Crippen LogP contribution in [-0.4, -0.2) is 194 Å². The second kappa shape index (κ2) is 41.3. The number of esters is 2. The third-order valence-electron chi connectivity index (χ3n) is 25.8. The van der Waals surface area contributed by atoms with Gasteiger partial charge in [-0.25, -0.2) is 9.97 Å². The Morgan fingerprint density at radius 1 is 0.435 bits per heavy atom. The molecule has 720 valence electrons. The minimum atomic E-state index is -1.02. The zero-order valence-corrected chi connectivity index (χ0v) is 84.2. The molecular weight excluding hydrogens is 1830 g/mol. The van der Waals surface area contributed by atoms with Crippen LogP contribution in [0.15, 0.2) is 167 Å². The van der Waals surface area contributed by atoms with Crippen molar-refractivity contribution >= 4 is 104 Å². The van der Waals surface area contributed by atoms with Crippen LogP contribution < -0.4 is 30.7 Å². The molecular formula is C104H116N16O14S4. The Morgan fingerprint density at radius 3 is 1.07 bits per heavy atom. The normalized spacial score (nSPS) is 18.0. The molecule has 34 heteroatoms. The molecule has 6 aromatic heterocycles. The standard InChI is InChI=1S/2C52H58N8O7S2/c2*1-27-31(5)69-51-43(27)44(55-40(24-42(62)66-10)47-58-57-32(6)60(47)51)36-15-13-34(14-16-36)35-19-21-39(22-20-35)67-30(4)48(63)56-46(52(7,8)9)50(65)59-25-38(61)23-41(59)49(64)54-28(2)33-11-17-37(18-12-33)45-29(3)53-26-68-45/h2*11-22,26,28,30,38,40-41,46,61H,23-25H2,1-10H3,(H,54,64)(H,56,63)/t28-,30+,38+,40-,41-,46+;28-,30-,38+,40-,41-,46+/m00/s1. The Labute approximate surface area is 818 Å². The van der Waals surface area contributed by atoms with Gasteiger partial charge >= 0.3 is 11.9 Å². The molecule has 6 N–H and O–H groups in total. The lowest BCUT2D eigenvalue weighted by atomic mass is 9.85. The number of aliphatic hydroxyl groups is 2. The number of β-amino-alcohol motifs (C(OH)–C–C–N with tert-alkyl or cyclic N) is 2. The van der Waals surface area contributed by atoms with Crippen LogP contribution in [-0.2, 0) is 47.8 Å². The average molecular weight is 1940 g/mol. The first-order valence-electron chi connectivity index (χ1n) is 45.9. The van der Waals surface area contributed by atoms with E-state index in [0.717, 1.165) is 130 Å². The fourth-order valence-electron chi connectivity index (χ4n) is 17.7. The van der Waals surface area contributed by atoms with Gasteiger partial charge in [-0.1, -0.05) is 163 Å². The van der Waals surface area contributed by atoms with Crippen molar-refractivity contribution in [2.75, 3.05) is 27.3 Å². The number of nitrogens with one attached hydrogen (secondary N) is 4. The summed E-state index contributed by atoms with van der Waals surface area (Å²) in [6.45, 7) is 34.0. The number of carbonyl (C=O) groups is 8. The minimum Gasteiger partial charge on any atom is -0.481 e. The number of likely N-dealkylation sites (tertiary alicyclic amines) is 2. The topological polar surface area (TPSA) is 380 Å². The van der Waals surface area contributed by atoms with E-state index in [9.17, 15) is 48.6 Å². The van der Waals surface area contributed by atoms with E-state index in [1.807, 2.05) is 225 Å². The maximum atomic E-state index is 14.3. The molecule has 4 aliphatic rings. The predicted octanol–water partition coefficient (Wildman–Crippen LogP) is 15.9. The van der Waals surface area contributed by atoms with E-state index >= 15 is 0 Å². The van der Waals surface area contributed by atoms with Crippen molar-refractivity contribution in [3.63, 3.8) is 0 Å². The second-order valence-corrected chi connectivity index (χ2v) is 41.8. The summed E-state index contributed by atoms with van der Waals surface area (Å²) in [5.41, 5.74) is 19.1. The summed E-state index contributed by atoms with van der Waals surface area (Å²) in [6.07, 6.45) is -3.56. The van der Waals surface area contributed by atoms with Crippen LogP contribution in [0.2, 0.25) is 0 Å². The van der Waals surface area contributed by atoms with Crippen LogP contribution in [0.4, 0.5) is 0 Å². The highest BCUT2D eigenvalue weighted by Gasteiger charge is 2.48. The highest BCUT2D eigenvalue weighted by Crippen LogP contribution is 2.44. The van der Waals surface area contributed by atoms with Crippen LogP contribution in [0.1, 0.15) is 208 Å². The van der Waals surface area contributed by atoms with Gasteiger partial charge in [0.15, 0.2) is 23.9 Å². The predicted molar refractivity (Wildman–Crippen MR) is 534 cm³/mol. The van der Waals surface area contributed by atoms with Crippen molar-refractivity contribution in [2.45, 2.75) is 223 Å². The molecule has 2 fully saturated rings. The van der Waals surface area contributed by atoms with Crippen LogP contribution in [0.3, 0.4) is 0 Å². The van der Waals surface area contributed by atoms with E-state index in [-0.39, 0.29) is 62.7 Å². The number of rotatable bonds is 26. The van der Waals surface area contributed by atoms with Crippen molar-refractivity contribution in [1.29, 1.82) is 0 Å². The summed E-state index contributed by atoms with van der Waals surface area (Å²) < 4.78 is 26.3. The zero-order valence-electron chi connectivity index (χ0n) is 81.0. The number of amides is 6. The van der Waals surface area contributed by atoms with E-state index in [1.54, 1.807) is 83.5 Å². The van der Waals surface area contributed by atoms with Gasteiger partial charge < -0.3 is 60.2 Å². The van der Waals surface area contributed by atoms with Gasteiger partial charge in [0, 0.05) is 57.9 Å². The van der Waals surface area contributed by atoms with Crippen molar-refractivity contribution < 1.29 is 67.5 Å². The van der Waals surface area contributed by atoms with Crippen molar-refractivity contribution in [2.24, 2.45) is 20.8 Å². The number of fused-ring (bicyclic) bond motifs is 6. The molecule has 2 saturated heterocycles. The Kier molecular flexibility index (Phi) is 29.7. The molecule has 0 aliphatic carbocycles. The maximum absolute atomic E-state index is 14.3. The molecule has 4 aliphatic heterocycles. The number of hydrogen-bond donors (Lipinski definition) is 6. The van der Waals surface area contributed by atoms with Crippen LogP contribution in [0.5, 0.6) is 11.5 Å². The summed E-state index contributed by atoms with van der Waals surface area (Å²) in [4.78, 5) is 135. The van der Waals surface area contributed by atoms with Crippen LogP contribution >= 0.6 is 45.3 Å². The van der Waals surface area contributed by atoms with Crippen LogP contribution in [0, 0.1) is 66.2 Å². The van der Waals surface area contributed by atoms with Crippen LogP contribution in [0.25, 0.3) is 53.1 Å². The fraction of sp³-hybridized carbons (Fsp3) is 0.385. The number of nitrogens with zero attached hydrogens (tertiary/aromatic N) is 12. The molecule has 0 saturated carbocycles. The number of ether oxygens (including phenoxy) is 4. The lowest BCUT2D eigenvalue weighted by molar-refractivity contribution is -0.145. The van der Waals surface area contributed by atoms with E-state index < -0.39 is 107 Å². The number of aliphatic hydroxyl groups excluding tert-OH is 2. The van der Waals surface area contributed by atoms with Gasteiger partial charge in [0.2, 0.25) is 23.6 Å². The molecule has 138 heavy (non-hydrogen) atoms. The lowest BCUT2D eigenvalue weighted by Crippen LogP contribution is -2.59. The van der Waals surface area contributed by atoms with Gasteiger partial charge in [0.1, 0.15) is 69.4 Å². The van der Waals surface area contributed by atoms with Gasteiger partial charge in [-0.05, 0) is 174 Å². The Morgan fingerprint density at radius 2 is 0.754 bits per heavy atom. The minimum absolute atomic E-state index is 0.0174. The van der Waals surface area contributed by atoms with Crippen molar-refractivity contribution in [3.8, 4) is 64.6 Å². The van der Waals surface area contributed by atoms with Gasteiger partial charge in [-0.15, -0.1) is 65.7 Å². The number of benzene rings is 6. The molecule has 0 spiro atoms. The number of thiazole rings is 2. The van der Waals surface area contributed by atoms with E-state index in [0.29, 0.717) is 34.8 Å². The summed E-state index contributed by atoms with van der Waals surface area (Å²) in [6, 6.07) is 41.0. The quantitative estimate of drug-likeness (QED) is 0.0274. The maximum Gasteiger partial charge on any atom is 0.308 e. The number of aliphatic imine (C=N–C) groups is 2. The molecule has 6 aromatic carbocycles. The highest BCUT2D eigenvalue weighted by atomic mass is 32.1. The molecule has 6 amide bonds. The molecule has 16 rings (SSSR count). The van der Waals surface area contributed by atoms with E-state index in [4.69, 9.17) is 28.9 Å². The first-order chi connectivity index (χ1) is 65.6. The Bertz CT molecular complexity index is 6230. The largest absolute Gasteiger partial charge is 0.481 e. The molecule has 0 radical (unpaired) electrons. The molecule has 12 atom stereocenters. The summed E-state index contributed by atoms with van der Waals surface area (Å²) in [5.74, 6) is 0.0597. The third kappa shape index (κ3) is 21.3. The van der Waals surface area contributed by atoms with Gasteiger partial charge in [0.05, 0.1) is 94.9 Å². The second-order valence-electron chi connectivity index (χ2n) is 37.7. The zero-order chi connectivity index (χ0) is 98.9. The molecule has 30 nitrogen and oxygen atoms in total. The molecule has 0 bridgehead atoms. The Hall–Kier alpha value is -13.1. The van der Waals surface area contributed by atoms with Crippen molar-refractivity contribution in [3.05, 3.63) is 246 Å². The monoisotopic (exact) mass is 1940 g/mol. The van der Waals surface area contributed by atoms with E-state index in [1.165, 1.54) is 24.0 Å². The highest BCUT2D eigenvalue weighted by molar-refractivity contribution is 7.15. The molecule has 12 aromatic rings. The number of thiophene rings is 2. The SMILES string of the molecule is COC(=O)C[C@@H]1N=C(c2ccc(-c3ccc(O[C@@H](C)C(=O)N[C@H](C(=O)N4C[C@H](O)C[C@H]4C(=O)N[C@@H](C)c4ccc(-c5scnc5C)cc4)C(C)(C)C)cc3)cc2)c2c(sc(C)c2C)-n2c(C)nnc21.COC(=O)C[C@@H]1N=C(c2ccc(-c3ccc(O[C@H](C)C(=O)N[C@H](C(=O)N4C[C@H](O)C[C@H]4C(=O)N[C@@H](C)c4ccc(-c5scnc5C)cc4)C(C)(C)C)cc3)cc2)c2c(sc(C)c2C)-n2c(C)nnc21. The average Bonchev–Trinajstić information content (AvgIpc) is 1.59. The number of carbonyl (C=O) groups excluding carboxylic acids is 8.